The van der Waals surface area contributed by atoms with Gasteiger partial charge in [-0.2, -0.15) is 0 Å². The molecule has 2 rings (SSSR count). The maximum Gasteiger partial charge on any atom is 0.228 e. The van der Waals surface area contributed by atoms with E-state index in [1.54, 1.807) is 12.0 Å². The summed E-state index contributed by atoms with van der Waals surface area (Å²) in [6.07, 6.45) is 0.421. The number of rotatable bonds is 4. The third kappa shape index (κ3) is 3.74. The molecule has 0 aromatic heterocycles. The van der Waals surface area contributed by atoms with Crippen LogP contribution in [-0.2, 0) is 19.1 Å². The summed E-state index contributed by atoms with van der Waals surface area (Å²) in [5.41, 5.74) is 0. The summed E-state index contributed by atoms with van der Waals surface area (Å²) in [6.45, 7) is 8.13. The van der Waals surface area contributed by atoms with Gasteiger partial charge in [-0.05, 0) is 20.8 Å². The Morgan fingerprint density at radius 3 is 2.52 bits per heavy atom. The van der Waals surface area contributed by atoms with Crippen LogP contribution in [-0.4, -0.2) is 73.2 Å². The van der Waals surface area contributed by atoms with Crippen molar-refractivity contribution in [3.8, 4) is 0 Å². The Labute approximate surface area is 126 Å². The molecule has 2 heterocycles. The summed E-state index contributed by atoms with van der Waals surface area (Å²) >= 11 is 0. The van der Waals surface area contributed by atoms with Gasteiger partial charge in [-0.15, -0.1) is 0 Å². The molecule has 0 aliphatic carbocycles. The number of hydrogen-bond acceptors (Lipinski definition) is 4. The maximum absolute atomic E-state index is 12.6. The molecule has 4 atom stereocenters. The molecule has 2 aliphatic heterocycles. The number of methoxy groups -OCH3 is 1. The van der Waals surface area contributed by atoms with E-state index in [2.05, 4.69) is 0 Å². The molecule has 6 nitrogen and oxygen atoms in total. The fraction of sp³-hybridized carbons (Fsp3) is 0.867. The number of carbonyl (C=O) groups is 2. The van der Waals surface area contributed by atoms with Crippen molar-refractivity contribution in [3.05, 3.63) is 0 Å². The molecule has 0 aromatic rings. The number of amides is 2. The topological polar surface area (TPSA) is 59.1 Å². The predicted molar refractivity (Wildman–Crippen MR) is 77.7 cm³/mol. The molecule has 0 radical (unpaired) electrons. The first-order chi connectivity index (χ1) is 9.92. The lowest BCUT2D eigenvalue weighted by Crippen LogP contribution is -2.50. The van der Waals surface area contributed by atoms with E-state index in [9.17, 15) is 9.59 Å². The van der Waals surface area contributed by atoms with Crippen LogP contribution in [0.15, 0.2) is 0 Å². The zero-order valence-electron chi connectivity index (χ0n) is 13.4. The second kappa shape index (κ2) is 6.75. The Bertz CT molecular complexity index is 391. The van der Waals surface area contributed by atoms with Crippen LogP contribution in [0, 0.1) is 5.92 Å². The van der Waals surface area contributed by atoms with E-state index in [1.165, 1.54) is 0 Å². The minimum absolute atomic E-state index is 0.0165. The SMILES string of the molecule is COC[C@H](C)N1C[C@H](C(=O)N2C[C@@H](C)O[C@H](C)C2)CC1=O. The minimum atomic E-state index is -0.227. The molecule has 2 amide bonds. The molecule has 0 saturated carbocycles. The van der Waals surface area contributed by atoms with Gasteiger partial charge in [0.05, 0.1) is 30.8 Å². The first-order valence-electron chi connectivity index (χ1n) is 7.65. The summed E-state index contributed by atoms with van der Waals surface area (Å²) < 4.78 is 10.8. The van der Waals surface area contributed by atoms with E-state index in [0.29, 0.717) is 32.7 Å². The second-order valence-electron chi connectivity index (χ2n) is 6.25. The van der Waals surface area contributed by atoms with Gasteiger partial charge in [0.15, 0.2) is 0 Å². The summed E-state index contributed by atoms with van der Waals surface area (Å²) in [4.78, 5) is 28.3. The minimum Gasteiger partial charge on any atom is -0.383 e. The van der Waals surface area contributed by atoms with Crippen LogP contribution in [0.2, 0.25) is 0 Å². The van der Waals surface area contributed by atoms with Crippen LogP contribution >= 0.6 is 0 Å². The largest absolute Gasteiger partial charge is 0.383 e. The van der Waals surface area contributed by atoms with Crippen molar-refractivity contribution in [2.75, 3.05) is 33.4 Å². The predicted octanol–water partition coefficient (Wildman–Crippen LogP) is 0.506. The Kier molecular flexibility index (Phi) is 5.22. The number of carbonyl (C=O) groups excluding carboxylic acids is 2. The van der Waals surface area contributed by atoms with Crippen LogP contribution in [0.3, 0.4) is 0 Å². The molecule has 2 saturated heterocycles. The molecule has 21 heavy (non-hydrogen) atoms. The first-order valence-corrected chi connectivity index (χ1v) is 7.65. The molecule has 0 bridgehead atoms. The van der Waals surface area contributed by atoms with Crippen LogP contribution in [0.5, 0.6) is 0 Å². The molecular formula is C15H26N2O4. The lowest BCUT2D eigenvalue weighted by atomic mass is 10.1. The van der Waals surface area contributed by atoms with Gasteiger partial charge in [0, 0.05) is 33.2 Å². The number of ether oxygens (including phenoxy) is 2. The third-order valence-electron chi connectivity index (χ3n) is 4.18. The van der Waals surface area contributed by atoms with Crippen molar-refractivity contribution in [1.29, 1.82) is 0 Å². The van der Waals surface area contributed by atoms with E-state index in [0.717, 1.165) is 0 Å². The van der Waals surface area contributed by atoms with Crippen LogP contribution in [0.4, 0.5) is 0 Å². The van der Waals surface area contributed by atoms with Crippen molar-refractivity contribution in [1.82, 2.24) is 9.80 Å². The quantitative estimate of drug-likeness (QED) is 0.758. The Balaban J connectivity index is 1.96. The van der Waals surface area contributed by atoms with Crippen LogP contribution < -0.4 is 0 Å². The zero-order chi connectivity index (χ0) is 15.6. The highest BCUT2D eigenvalue weighted by atomic mass is 16.5. The fourth-order valence-electron chi connectivity index (χ4n) is 3.27. The highest BCUT2D eigenvalue weighted by molar-refractivity contribution is 5.89. The van der Waals surface area contributed by atoms with Gasteiger partial charge in [-0.3, -0.25) is 9.59 Å². The van der Waals surface area contributed by atoms with Crippen LogP contribution in [0.25, 0.3) is 0 Å². The van der Waals surface area contributed by atoms with E-state index in [-0.39, 0.29) is 36.0 Å². The molecule has 2 aliphatic rings. The van der Waals surface area contributed by atoms with Gasteiger partial charge in [0.25, 0.3) is 0 Å². The van der Waals surface area contributed by atoms with Crippen molar-refractivity contribution in [3.63, 3.8) is 0 Å². The lowest BCUT2D eigenvalue weighted by molar-refractivity contribution is -0.147. The second-order valence-corrected chi connectivity index (χ2v) is 6.25. The molecule has 0 aromatic carbocycles. The van der Waals surface area contributed by atoms with Crippen molar-refractivity contribution >= 4 is 11.8 Å². The summed E-state index contributed by atoms with van der Waals surface area (Å²) in [5.74, 6) is -0.0981. The number of nitrogens with zero attached hydrogens (tertiary/aromatic N) is 2. The monoisotopic (exact) mass is 298 g/mol. The van der Waals surface area contributed by atoms with Gasteiger partial charge in [-0.25, -0.2) is 0 Å². The molecule has 0 N–H and O–H groups in total. The number of hydrogen-bond donors (Lipinski definition) is 0. The molecular weight excluding hydrogens is 272 g/mol. The highest BCUT2D eigenvalue weighted by Gasteiger charge is 2.39. The van der Waals surface area contributed by atoms with Gasteiger partial charge < -0.3 is 19.3 Å². The van der Waals surface area contributed by atoms with E-state index >= 15 is 0 Å². The van der Waals surface area contributed by atoms with Crippen molar-refractivity contribution in [2.45, 2.75) is 45.4 Å². The molecule has 2 fully saturated rings. The summed E-state index contributed by atoms with van der Waals surface area (Å²) in [5, 5.41) is 0. The van der Waals surface area contributed by atoms with Gasteiger partial charge >= 0.3 is 0 Å². The molecule has 6 heteroatoms. The summed E-state index contributed by atoms with van der Waals surface area (Å²) in [7, 11) is 1.62. The number of likely N-dealkylation sites (tertiary alicyclic amines) is 1. The zero-order valence-corrected chi connectivity index (χ0v) is 13.4. The van der Waals surface area contributed by atoms with E-state index < -0.39 is 0 Å². The highest BCUT2D eigenvalue weighted by Crippen LogP contribution is 2.24. The normalized spacial score (nSPS) is 31.6. The number of morpholine rings is 1. The smallest absolute Gasteiger partial charge is 0.228 e. The van der Waals surface area contributed by atoms with Crippen molar-refractivity contribution < 1.29 is 19.1 Å². The fourth-order valence-corrected chi connectivity index (χ4v) is 3.27. The Hall–Kier alpha value is -1.14. The first kappa shape index (κ1) is 16.2. The average Bonchev–Trinajstić information content (AvgIpc) is 2.79. The van der Waals surface area contributed by atoms with Gasteiger partial charge in [0.1, 0.15) is 0 Å². The van der Waals surface area contributed by atoms with Gasteiger partial charge in [-0.1, -0.05) is 0 Å². The maximum atomic E-state index is 12.6. The Morgan fingerprint density at radius 1 is 1.33 bits per heavy atom. The average molecular weight is 298 g/mol. The third-order valence-corrected chi connectivity index (χ3v) is 4.18. The van der Waals surface area contributed by atoms with Crippen molar-refractivity contribution in [2.24, 2.45) is 5.92 Å². The van der Waals surface area contributed by atoms with Gasteiger partial charge in [0.2, 0.25) is 11.8 Å². The van der Waals surface area contributed by atoms with E-state index in [1.807, 2.05) is 25.7 Å². The van der Waals surface area contributed by atoms with E-state index in [4.69, 9.17) is 9.47 Å². The molecule has 120 valence electrons. The molecule has 0 unspecified atom stereocenters. The summed E-state index contributed by atoms with van der Waals surface area (Å²) in [6, 6.07) is 0.0165. The van der Waals surface area contributed by atoms with Crippen LogP contribution in [0.1, 0.15) is 27.2 Å². The standard InChI is InChI=1S/C15H26N2O4/c1-10(9-20-4)17-8-13(5-14(17)18)15(19)16-6-11(2)21-12(3)7-16/h10-13H,5-9H2,1-4H3/t10-,11+,12+,13+/m0/s1. The Morgan fingerprint density at radius 2 is 1.95 bits per heavy atom. The molecule has 0 spiro atoms. The lowest BCUT2D eigenvalue weighted by Gasteiger charge is -2.36.